The average Bonchev–Trinajstić information content (AvgIpc) is 3.25. The Kier molecular flexibility index (Phi) is 5.50. The third kappa shape index (κ3) is 3.69. The van der Waals surface area contributed by atoms with Crippen molar-refractivity contribution in [2.75, 3.05) is 25.5 Å². The average molecular weight is 412 g/mol. The number of amides is 1. The summed E-state index contributed by atoms with van der Waals surface area (Å²) >= 11 is 6.09. The van der Waals surface area contributed by atoms with Crippen LogP contribution < -0.4 is 10.1 Å². The summed E-state index contributed by atoms with van der Waals surface area (Å²) in [6.45, 7) is 2.73. The van der Waals surface area contributed by atoms with Gasteiger partial charge < -0.3 is 14.6 Å². The molecule has 0 spiro atoms. The molecule has 0 atom stereocenters. The first-order chi connectivity index (χ1) is 12.8. The van der Waals surface area contributed by atoms with E-state index in [2.05, 4.69) is 5.32 Å². The Morgan fingerprint density at radius 3 is 2.48 bits per heavy atom. The zero-order valence-electron chi connectivity index (χ0n) is 15.5. The van der Waals surface area contributed by atoms with Gasteiger partial charge in [-0.05, 0) is 44.0 Å². The van der Waals surface area contributed by atoms with Crippen molar-refractivity contribution >= 4 is 33.2 Å². The molecule has 9 heteroatoms. The zero-order valence-corrected chi connectivity index (χ0v) is 17.0. The topological polar surface area (TPSA) is 80.6 Å². The predicted molar refractivity (Wildman–Crippen MR) is 104 cm³/mol. The van der Waals surface area contributed by atoms with Crippen LogP contribution in [0.5, 0.6) is 5.75 Å². The number of hydrogen-bond donors (Lipinski definition) is 1. The number of hydrogen-bond acceptors (Lipinski definition) is 4. The Labute approximate surface area is 163 Å². The van der Waals surface area contributed by atoms with Gasteiger partial charge in [-0.15, -0.1) is 0 Å². The minimum absolute atomic E-state index is 0.171. The Morgan fingerprint density at radius 1 is 1.22 bits per heavy atom. The molecule has 1 N–H and O–H groups in total. The molecule has 27 heavy (non-hydrogen) atoms. The molecule has 1 aromatic heterocycles. The molecule has 0 bridgehead atoms. The van der Waals surface area contributed by atoms with Crippen LogP contribution in [0.2, 0.25) is 5.02 Å². The van der Waals surface area contributed by atoms with E-state index in [0.29, 0.717) is 35.2 Å². The molecule has 1 aliphatic heterocycles. The van der Waals surface area contributed by atoms with E-state index in [1.807, 2.05) is 0 Å². The van der Waals surface area contributed by atoms with E-state index >= 15 is 0 Å². The van der Waals surface area contributed by atoms with Crippen molar-refractivity contribution in [1.82, 2.24) is 8.87 Å². The minimum atomic E-state index is -3.60. The number of benzene rings is 1. The molecule has 0 radical (unpaired) electrons. The number of rotatable bonds is 5. The van der Waals surface area contributed by atoms with Crippen molar-refractivity contribution in [1.29, 1.82) is 0 Å². The van der Waals surface area contributed by atoms with Gasteiger partial charge in [-0.1, -0.05) is 11.6 Å². The van der Waals surface area contributed by atoms with Gasteiger partial charge in [0.2, 0.25) is 10.0 Å². The molecule has 2 aromatic rings. The highest BCUT2D eigenvalue weighted by Gasteiger charge is 2.31. The van der Waals surface area contributed by atoms with Gasteiger partial charge in [-0.2, -0.15) is 4.31 Å². The van der Waals surface area contributed by atoms with Gasteiger partial charge in [0, 0.05) is 31.5 Å². The maximum absolute atomic E-state index is 12.9. The molecule has 7 nitrogen and oxygen atoms in total. The van der Waals surface area contributed by atoms with Crippen LogP contribution in [0.1, 0.15) is 29.0 Å². The quantitative estimate of drug-likeness (QED) is 0.819. The number of sulfonamides is 1. The summed E-state index contributed by atoms with van der Waals surface area (Å²) in [5.41, 5.74) is 1.28. The zero-order chi connectivity index (χ0) is 19.8. The van der Waals surface area contributed by atoms with Crippen LogP contribution in [0, 0.1) is 6.92 Å². The summed E-state index contributed by atoms with van der Waals surface area (Å²) in [4.78, 5) is 12.9. The largest absolute Gasteiger partial charge is 0.495 e. The lowest BCUT2D eigenvalue weighted by molar-refractivity contribution is 0.101. The molecule has 1 aromatic carbocycles. The van der Waals surface area contributed by atoms with E-state index in [9.17, 15) is 13.2 Å². The van der Waals surface area contributed by atoms with Crippen molar-refractivity contribution in [2.45, 2.75) is 24.7 Å². The number of methoxy groups -OCH3 is 1. The normalized spacial score (nSPS) is 15.1. The highest BCUT2D eigenvalue weighted by Crippen LogP contribution is 2.29. The van der Waals surface area contributed by atoms with Crippen LogP contribution in [-0.4, -0.2) is 43.4 Å². The van der Waals surface area contributed by atoms with Gasteiger partial charge in [0.15, 0.2) is 0 Å². The molecule has 0 aliphatic carbocycles. The Morgan fingerprint density at radius 2 is 1.89 bits per heavy atom. The van der Waals surface area contributed by atoms with Gasteiger partial charge in [-0.3, -0.25) is 4.79 Å². The lowest BCUT2D eigenvalue weighted by atomic mass is 10.3. The van der Waals surface area contributed by atoms with Gasteiger partial charge in [0.1, 0.15) is 16.3 Å². The van der Waals surface area contributed by atoms with Crippen LogP contribution in [0.4, 0.5) is 5.69 Å². The minimum Gasteiger partial charge on any atom is -0.495 e. The monoisotopic (exact) mass is 411 g/mol. The fourth-order valence-corrected chi connectivity index (χ4v) is 5.20. The van der Waals surface area contributed by atoms with Crippen LogP contribution >= 0.6 is 11.6 Å². The molecule has 146 valence electrons. The van der Waals surface area contributed by atoms with Gasteiger partial charge in [-0.25, -0.2) is 8.42 Å². The number of ether oxygens (including phenoxy) is 1. The lowest BCUT2D eigenvalue weighted by Crippen LogP contribution is -2.28. The molecule has 1 aliphatic rings. The highest BCUT2D eigenvalue weighted by atomic mass is 35.5. The summed E-state index contributed by atoms with van der Waals surface area (Å²) < 4.78 is 33.9. The lowest BCUT2D eigenvalue weighted by Gasteiger charge is -2.15. The molecule has 0 saturated carbocycles. The molecule has 2 heterocycles. The van der Waals surface area contributed by atoms with Crippen molar-refractivity contribution < 1.29 is 17.9 Å². The predicted octanol–water partition coefficient (Wildman–Crippen LogP) is 3.03. The van der Waals surface area contributed by atoms with Gasteiger partial charge >= 0.3 is 0 Å². The van der Waals surface area contributed by atoms with E-state index in [-0.39, 0.29) is 10.6 Å². The molecular formula is C18H22ClN3O4S. The number of carbonyl (C=O) groups is 1. The number of nitrogens with one attached hydrogen (secondary N) is 1. The molecule has 1 fully saturated rings. The van der Waals surface area contributed by atoms with E-state index in [0.717, 1.165) is 12.8 Å². The first-order valence-electron chi connectivity index (χ1n) is 8.57. The Balaban J connectivity index is 1.89. The standard InChI is InChI=1S/C18H22ClN3O4S/c1-12-17(27(24,25)22-8-4-5-9-22)11-15(21(12)2)18(23)20-13-6-7-16(26-3)14(19)10-13/h6-7,10-11H,4-5,8-9H2,1-3H3,(H,20,23). The fourth-order valence-electron chi connectivity index (χ4n) is 3.16. The first kappa shape index (κ1) is 19.7. The van der Waals surface area contributed by atoms with Crippen LogP contribution in [0.25, 0.3) is 0 Å². The van der Waals surface area contributed by atoms with Crippen molar-refractivity contribution in [3.63, 3.8) is 0 Å². The summed E-state index contributed by atoms with van der Waals surface area (Å²) in [6, 6.07) is 6.33. The summed E-state index contributed by atoms with van der Waals surface area (Å²) in [5.74, 6) is 0.0908. The van der Waals surface area contributed by atoms with Gasteiger partial charge in [0.25, 0.3) is 5.91 Å². The Hall–Kier alpha value is -2.03. The second-order valence-corrected chi connectivity index (χ2v) is 8.77. The summed E-state index contributed by atoms with van der Waals surface area (Å²) in [5, 5.41) is 3.12. The molecular weight excluding hydrogens is 390 g/mol. The van der Waals surface area contributed by atoms with E-state index in [1.165, 1.54) is 17.5 Å². The second kappa shape index (κ2) is 7.53. The number of carbonyl (C=O) groups excluding carboxylic acids is 1. The van der Waals surface area contributed by atoms with Crippen LogP contribution in [-0.2, 0) is 17.1 Å². The third-order valence-electron chi connectivity index (χ3n) is 4.81. The van der Waals surface area contributed by atoms with Gasteiger partial charge in [0.05, 0.1) is 12.1 Å². The van der Waals surface area contributed by atoms with Crippen molar-refractivity contribution in [3.8, 4) is 5.75 Å². The van der Waals surface area contributed by atoms with E-state index < -0.39 is 15.9 Å². The maximum atomic E-state index is 12.9. The smallest absolute Gasteiger partial charge is 0.272 e. The molecule has 3 rings (SSSR count). The summed E-state index contributed by atoms with van der Waals surface area (Å²) in [6.07, 6.45) is 1.72. The molecule has 1 saturated heterocycles. The third-order valence-corrected chi connectivity index (χ3v) is 7.12. The second-order valence-electron chi connectivity index (χ2n) is 6.45. The highest BCUT2D eigenvalue weighted by molar-refractivity contribution is 7.89. The summed E-state index contributed by atoms with van der Waals surface area (Å²) in [7, 11) is -0.415. The number of aromatic nitrogens is 1. The van der Waals surface area contributed by atoms with Crippen molar-refractivity contribution in [2.24, 2.45) is 7.05 Å². The fraction of sp³-hybridized carbons (Fsp3) is 0.389. The van der Waals surface area contributed by atoms with E-state index in [4.69, 9.17) is 16.3 Å². The number of anilines is 1. The number of nitrogens with zero attached hydrogens (tertiary/aromatic N) is 2. The molecule has 0 unspecified atom stereocenters. The molecule has 1 amide bonds. The first-order valence-corrected chi connectivity index (χ1v) is 10.4. The number of halogens is 1. The maximum Gasteiger partial charge on any atom is 0.272 e. The Bertz CT molecular complexity index is 979. The van der Waals surface area contributed by atoms with E-state index in [1.54, 1.807) is 36.7 Å². The van der Waals surface area contributed by atoms with Crippen molar-refractivity contribution in [3.05, 3.63) is 40.7 Å². The SMILES string of the molecule is COc1ccc(NC(=O)c2cc(S(=O)(=O)N3CCCC3)c(C)n2C)cc1Cl. The van der Waals surface area contributed by atoms with Crippen LogP contribution in [0.3, 0.4) is 0 Å². The van der Waals surface area contributed by atoms with Crippen LogP contribution in [0.15, 0.2) is 29.2 Å².